The van der Waals surface area contributed by atoms with E-state index in [2.05, 4.69) is 10.6 Å². The number of aryl methyl sites for hydroxylation is 2. The Morgan fingerprint density at radius 3 is 2.00 bits per heavy atom. The number of rotatable bonds is 0. The van der Waals surface area contributed by atoms with Gasteiger partial charge in [-0.3, -0.25) is 4.79 Å². The Morgan fingerprint density at radius 1 is 1.00 bits per heavy atom. The molecule has 0 fully saturated rings. The van der Waals surface area contributed by atoms with E-state index in [0.717, 1.165) is 11.1 Å². The van der Waals surface area contributed by atoms with Crippen molar-refractivity contribution >= 4 is 17.3 Å². The average molecular weight is 256 g/mol. The van der Waals surface area contributed by atoms with Gasteiger partial charge >= 0.3 is 6.18 Å². The van der Waals surface area contributed by atoms with Crippen LogP contribution in [0.3, 0.4) is 0 Å². The van der Waals surface area contributed by atoms with E-state index in [9.17, 15) is 18.0 Å². The highest BCUT2D eigenvalue weighted by atomic mass is 19.4. The summed E-state index contributed by atoms with van der Waals surface area (Å²) < 4.78 is 38.0. The molecule has 3 nitrogen and oxygen atoms in total. The van der Waals surface area contributed by atoms with Crippen molar-refractivity contribution in [2.75, 3.05) is 10.6 Å². The standard InChI is InChI=1S/C12H11F3N2O/c1-6-3-8-9(4-7(6)2)17-11(18)5-10(16-8)12(13,14)15/h3-5,16H,1-2H3,(H,17,18). The lowest BCUT2D eigenvalue weighted by molar-refractivity contribution is -0.113. The van der Waals surface area contributed by atoms with E-state index in [0.29, 0.717) is 11.8 Å². The Morgan fingerprint density at radius 2 is 1.50 bits per heavy atom. The molecule has 0 aromatic heterocycles. The number of fused-ring (bicyclic) bond motifs is 1. The number of halogens is 3. The molecule has 0 atom stereocenters. The average Bonchev–Trinajstić information content (AvgIpc) is 2.37. The third kappa shape index (κ3) is 2.32. The Bertz CT molecular complexity index is 547. The van der Waals surface area contributed by atoms with Crippen LogP contribution >= 0.6 is 0 Å². The highest BCUT2D eigenvalue weighted by molar-refractivity contribution is 6.04. The Kier molecular flexibility index (Phi) is 2.80. The molecule has 96 valence electrons. The van der Waals surface area contributed by atoms with Gasteiger partial charge in [0.25, 0.3) is 5.91 Å². The zero-order valence-electron chi connectivity index (χ0n) is 9.77. The normalized spacial score (nSPS) is 15.2. The summed E-state index contributed by atoms with van der Waals surface area (Å²) >= 11 is 0. The summed E-state index contributed by atoms with van der Waals surface area (Å²) in [6.07, 6.45) is -4.07. The molecule has 18 heavy (non-hydrogen) atoms. The lowest BCUT2D eigenvalue weighted by Crippen LogP contribution is -2.19. The van der Waals surface area contributed by atoms with Gasteiger partial charge in [0.05, 0.1) is 11.4 Å². The monoisotopic (exact) mass is 256 g/mol. The number of hydrogen-bond acceptors (Lipinski definition) is 2. The second-order valence-electron chi connectivity index (χ2n) is 4.15. The molecule has 0 radical (unpaired) electrons. The quantitative estimate of drug-likeness (QED) is 0.748. The molecule has 1 heterocycles. The number of hydrogen-bond donors (Lipinski definition) is 2. The minimum atomic E-state index is -4.59. The van der Waals surface area contributed by atoms with Crippen molar-refractivity contribution in [1.29, 1.82) is 0 Å². The van der Waals surface area contributed by atoms with Crippen LogP contribution < -0.4 is 10.6 Å². The largest absolute Gasteiger partial charge is 0.431 e. The lowest BCUT2D eigenvalue weighted by Gasteiger charge is -2.15. The first kappa shape index (κ1) is 12.5. The smallest absolute Gasteiger partial charge is 0.350 e. The van der Waals surface area contributed by atoms with Crippen LogP contribution in [0.1, 0.15) is 11.1 Å². The molecule has 1 aromatic rings. The Labute approximate surface area is 102 Å². The van der Waals surface area contributed by atoms with E-state index in [1.807, 2.05) is 6.92 Å². The topological polar surface area (TPSA) is 41.1 Å². The Balaban J connectivity index is 2.50. The van der Waals surface area contributed by atoms with E-state index in [4.69, 9.17) is 0 Å². The Hall–Kier alpha value is -1.98. The van der Waals surface area contributed by atoms with Gasteiger partial charge in [0.2, 0.25) is 0 Å². The zero-order chi connectivity index (χ0) is 13.5. The van der Waals surface area contributed by atoms with Crippen molar-refractivity contribution in [2.45, 2.75) is 20.0 Å². The highest BCUT2D eigenvalue weighted by Gasteiger charge is 2.36. The number of benzene rings is 1. The molecule has 2 N–H and O–H groups in total. The minimum absolute atomic E-state index is 0.243. The molecular weight excluding hydrogens is 245 g/mol. The number of nitrogens with one attached hydrogen (secondary N) is 2. The molecular formula is C12H11F3N2O. The number of carbonyl (C=O) groups is 1. The summed E-state index contributed by atoms with van der Waals surface area (Å²) in [7, 11) is 0. The maximum absolute atomic E-state index is 12.7. The molecule has 1 amide bonds. The van der Waals surface area contributed by atoms with Crippen LogP contribution in [0.2, 0.25) is 0 Å². The molecule has 0 bridgehead atoms. The minimum Gasteiger partial charge on any atom is -0.350 e. The molecule has 0 saturated carbocycles. The van der Waals surface area contributed by atoms with Crippen LogP contribution in [-0.2, 0) is 4.79 Å². The van der Waals surface area contributed by atoms with Crippen molar-refractivity contribution in [2.24, 2.45) is 0 Å². The van der Waals surface area contributed by atoms with Gasteiger partial charge in [-0.25, -0.2) is 0 Å². The fourth-order valence-electron chi connectivity index (χ4n) is 1.66. The number of carbonyl (C=O) groups excluding carboxylic acids is 1. The van der Waals surface area contributed by atoms with E-state index in [-0.39, 0.29) is 5.69 Å². The molecule has 0 spiro atoms. The molecule has 0 unspecified atom stereocenters. The van der Waals surface area contributed by atoms with E-state index >= 15 is 0 Å². The third-order valence-corrected chi connectivity index (χ3v) is 2.74. The molecule has 0 saturated heterocycles. The first-order valence-electron chi connectivity index (χ1n) is 5.25. The number of anilines is 2. The summed E-state index contributed by atoms with van der Waals surface area (Å²) in [5.41, 5.74) is 1.26. The predicted octanol–water partition coefficient (Wildman–Crippen LogP) is 3.11. The molecule has 2 rings (SSSR count). The van der Waals surface area contributed by atoms with Gasteiger partial charge in [0.1, 0.15) is 5.70 Å². The summed E-state index contributed by atoms with van der Waals surface area (Å²) in [4.78, 5) is 11.4. The molecule has 1 aromatic carbocycles. The molecule has 0 aliphatic carbocycles. The van der Waals surface area contributed by atoms with Crippen molar-refractivity contribution in [1.82, 2.24) is 0 Å². The fraction of sp³-hybridized carbons (Fsp3) is 0.250. The third-order valence-electron chi connectivity index (χ3n) is 2.74. The summed E-state index contributed by atoms with van der Waals surface area (Å²) in [5.74, 6) is -0.795. The van der Waals surface area contributed by atoms with Gasteiger partial charge in [-0.05, 0) is 37.1 Å². The van der Waals surface area contributed by atoms with E-state index in [1.165, 1.54) is 0 Å². The maximum Gasteiger partial charge on any atom is 0.431 e. The number of allylic oxidation sites excluding steroid dienone is 1. The van der Waals surface area contributed by atoms with Crippen LogP contribution in [0.5, 0.6) is 0 Å². The second kappa shape index (κ2) is 4.04. The van der Waals surface area contributed by atoms with Crippen molar-refractivity contribution in [3.8, 4) is 0 Å². The maximum atomic E-state index is 12.7. The van der Waals surface area contributed by atoms with Crippen molar-refractivity contribution < 1.29 is 18.0 Å². The molecule has 1 aliphatic rings. The highest BCUT2D eigenvalue weighted by Crippen LogP contribution is 2.34. The summed E-state index contributed by atoms with van der Waals surface area (Å²) in [6.45, 7) is 3.62. The van der Waals surface area contributed by atoms with Gasteiger partial charge in [0, 0.05) is 6.08 Å². The molecule has 1 aliphatic heterocycles. The number of alkyl halides is 3. The first-order chi connectivity index (χ1) is 8.27. The van der Waals surface area contributed by atoms with Crippen molar-refractivity contribution in [3.63, 3.8) is 0 Å². The van der Waals surface area contributed by atoms with Crippen LogP contribution in [-0.4, -0.2) is 12.1 Å². The van der Waals surface area contributed by atoms with Crippen LogP contribution in [0.4, 0.5) is 24.5 Å². The fourth-order valence-corrected chi connectivity index (χ4v) is 1.66. The van der Waals surface area contributed by atoms with Gasteiger partial charge in [-0.1, -0.05) is 0 Å². The molecule has 6 heteroatoms. The van der Waals surface area contributed by atoms with Crippen LogP contribution in [0, 0.1) is 13.8 Å². The predicted molar refractivity (Wildman–Crippen MR) is 62.3 cm³/mol. The van der Waals surface area contributed by atoms with Gasteiger partial charge < -0.3 is 10.6 Å². The van der Waals surface area contributed by atoms with E-state index < -0.39 is 17.8 Å². The first-order valence-corrected chi connectivity index (χ1v) is 5.25. The van der Waals surface area contributed by atoms with Crippen LogP contribution in [0.15, 0.2) is 23.9 Å². The number of amides is 1. The van der Waals surface area contributed by atoms with Gasteiger partial charge in [-0.15, -0.1) is 0 Å². The van der Waals surface area contributed by atoms with Gasteiger partial charge in [-0.2, -0.15) is 13.2 Å². The SMILES string of the molecule is Cc1cc2c(cc1C)NC(C(F)(F)F)=CC(=O)N2. The summed E-state index contributed by atoms with van der Waals surface area (Å²) in [6, 6.07) is 3.22. The second-order valence-corrected chi connectivity index (χ2v) is 4.15. The van der Waals surface area contributed by atoms with E-state index in [1.54, 1.807) is 19.1 Å². The zero-order valence-corrected chi connectivity index (χ0v) is 9.77. The van der Waals surface area contributed by atoms with Crippen molar-refractivity contribution in [3.05, 3.63) is 35.0 Å². The lowest BCUT2D eigenvalue weighted by atomic mass is 10.1. The van der Waals surface area contributed by atoms with Crippen LogP contribution in [0.25, 0.3) is 0 Å². The van der Waals surface area contributed by atoms with Gasteiger partial charge in [0.15, 0.2) is 0 Å². The summed E-state index contributed by atoms with van der Waals surface area (Å²) in [5, 5.41) is 4.67.